The van der Waals surface area contributed by atoms with E-state index in [1.807, 2.05) is 0 Å². The van der Waals surface area contributed by atoms with Gasteiger partial charge in [0, 0.05) is 32.6 Å². The first kappa shape index (κ1) is 16.3. The highest BCUT2D eigenvalue weighted by atomic mass is 16.2. The maximum absolute atomic E-state index is 12.0. The van der Waals surface area contributed by atoms with Gasteiger partial charge in [-0.15, -0.1) is 0 Å². The summed E-state index contributed by atoms with van der Waals surface area (Å²) in [5.74, 6) is 0.143. The number of rotatable bonds is 3. The SMILES string of the molecule is Cc1cc(C)c(CNC(=O)NC2CCC(=O)N(C)C2)c(C)c1. The molecule has 0 radical (unpaired) electrons. The molecule has 120 valence electrons. The van der Waals surface area contributed by atoms with Crippen LogP contribution in [-0.2, 0) is 11.3 Å². The molecule has 1 saturated heterocycles. The van der Waals surface area contributed by atoms with Crippen LogP contribution in [0, 0.1) is 20.8 Å². The van der Waals surface area contributed by atoms with E-state index in [0.29, 0.717) is 25.9 Å². The van der Waals surface area contributed by atoms with Gasteiger partial charge in [0.1, 0.15) is 0 Å². The molecule has 0 aromatic heterocycles. The van der Waals surface area contributed by atoms with Crippen molar-refractivity contribution in [3.05, 3.63) is 34.4 Å². The van der Waals surface area contributed by atoms with Gasteiger partial charge in [0.05, 0.1) is 0 Å². The molecule has 0 spiro atoms. The average molecular weight is 303 g/mol. The first-order chi connectivity index (χ1) is 10.4. The van der Waals surface area contributed by atoms with E-state index in [0.717, 1.165) is 5.56 Å². The minimum absolute atomic E-state index is 0.0305. The van der Waals surface area contributed by atoms with Crippen LogP contribution >= 0.6 is 0 Å². The van der Waals surface area contributed by atoms with Crippen molar-refractivity contribution in [2.24, 2.45) is 0 Å². The Morgan fingerprint density at radius 3 is 2.50 bits per heavy atom. The third-order valence-corrected chi connectivity index (χ3v) is 4.23. The highest BCUT2D eigenvalue weighted by Crippen LogP contribution is 2.16. The normalized spacial score (nSPS) is 18.3. The molecular weight excluding hydrogens is 278 g/mol. The second-order valence-electron chi connectivity index (χ2n) is 6.21. The van der Waals surface area contributed by atoms with Crippen molar-refractivity contribution >= 4 is 11.9 Å². The Hall–Kier alpha value is -2.04. The lowest BCUT2D eigenvalue weighted by molar-refractivity contribution is -0.132. The van der Waals surface area contributed by atoms with Crippen LogP contribution in [0.1, 0.15) is 35.1 Å². The molecule has 1 aliphatic rings. The number of hydrogen-bond acceptors (Lipinski definition) is 2. The number of likely N-dealkylation sites (N-methyl/N-ethyl adjacent to an activating group) is 1. The Bertz CT molecular complexity index is 560. The van der Waals surface area contributed by atoms with Gasteiger partial charge in [0.2, 0.25) is 5.91 Å². The molecule has 2 rings (SSSR count). The van der Waals surface area contributed by atoms with E-state index in [-0.39, 0.29) is 18.0 Å². The summed E-state index contributed by atoms with van der Waals surface area (Å²) in [6.07, 6.45) is 1.21. The van der Waals surface area contributed by atoms with Gasteiger partial charge in [-0.05, 0) is 43.9 Å². The van der Waals surface area contributed by atoms with Gasteiger partial charge >= 0.3 is 6.03 Å². The summed E-state index contributed by atoms with van der Waals surface area (Å²) < 4.78 is 0. The van der Waals surface area contributed by atoms with Crippen LogP contribution in [0.2, 0.25) is 0 Å². The first-order valence-electron chi connectivity index (χ1n) is 7.72. The zero-order valence-electron chi connectivity index (χ0n) is 13.8. The van der Waals surface area contributed by atoms with E-state index in [4.69, 9.17) is 0 Å². The monoisotopic (exact) mass is 303 g/mol. The fourth-order valence-corrected chi connectivity index (χ4v) is 3.02. The molecular formula is C17H25N3O2. The van der Waals surface area contributed by atoms with Crippen molar-refractivity contribution in [3.63, 3.8) is 0 Å². The molecule has 0 aliphatic carbocycles. The standard InChI is InChI=1S/C17H25N3O2/c1-11-7-12(2)15(13(3)8-11)9-18-17(22)19-14-5-6-16(21)20(4)10-14/h7-8,14H,5-6,9-10H2,1-4H3,(H2,18,19,22). The van der Waals surface area contributed by atoms with Crippen LogP contribution in [0.3, 0.4) is 0 Å². The molecule has 3 amide bonds. The Balaban J connectivity index is 1.87. The molecule has 2 N–H and O–H groups in total. The van der Waals surface area contributed by atoms with Gasteiger partial charge in [-0.25, -0.2) is 4.79 Å². The molecule has 22 heavy (non-hydrogen) atoms. The van der Waals surface area contributed by atoms with Gasteiger partial charge in [-0.3, -0.25) is 4.79 Å². The molecule has 1 heterocycles. The van der Waals surface area contributed by atoms with Crippen molar-refractivity contribution in [2.75, 3.05) is 13.6 Å². The maximum atomic E-state index is 12.0. The van der Waals surface area contributed by atoms with Gasteiger partial charge in [0.25, 0.3) is 0 Å². The number of likely N-dealkylation sites (tertiary alicyclic amines) is 1. The molecule has 0 saturated carbocycles. The highest BCUT2D eigenvalue weighted by molar-refractivity contribution is 5.78. The minimum atomic E-state index is -0.174. The number of nitrogens with zero attached hydrogens (tertiary/aromatic N) is 1. The van der Waals surface area contributed by atoms with E-state index in [9.17, 15) is 9.59 Å². The molecule has 1 unspecified atom stereocenters. The molecule has 1 atom stereocenters. The zero-order valence-corrected chi connectivity index (χ0v) is 13.8. The third-order valence-electron chi connectivity index (χ3n) is 4.23. The lowest BCUT2D eigenvalue weighted by Gasteiger charge is -2.30. The van der Waals surface area contributed by atoms with Crippen molar-refractivity contribution in [1.82, 2.24) is 15.5 Å². The topological polar surface area (TPSA) is 61.4 Å². The number of carbonyl (C=O) groups is 2. The summed E-state index contributed by atoms with van der Waals surface area (Å²) in [5.41, 5.74) is 4.79. The number of hydrogen-bond donors (Lipinski definition) is 2. The predicted molar refractivity (Wildman–Crippen MR) is 86.7 cm³/mol. The van der Waals surface area contributed by atoms with Crippen LogP contribution in [-0.4, -0.2) is 36.5 Å². The van der Waals surface area contributed by atoms with E-state index < -0.39 is 0 Å². The Morgan fingerprint density at radius 1 is 1.27 bits per heavy atom. The number of nitrogens with one attached hydrogen (secondary N) is 2. The molecule has 1 fully saturated rings. The fourth-order valence-electron chi connectivity index (χ4n) is 3.02. The van der Waals surface area contributed by atoms with Gasteiger partial charge < -0.3 is 15.5 Å². The third kappa shape index (κ3) is 4.00. The number of urea groups is 1. The second-order valence-corrected chi connectivity index (χ2v) is 6.21. The van der Waals surface area contributed by atoms with Crippen LogP contribution < -0.4 is 10.6 Å². The second kappa shape index (κ2) is 6.81. The highest BCUT2D eigenvalue weighted by Gasteiger charge is 2.23. The van der Waals surface area contributed by atoms with E-state index in [2.05, 4.69) is 43.5 Å². The molecule has 0 bridgehead atoms. The van der Waals surface area contributed by atoms with Gasteiger partial charge in [-0.2, -0.15) is 0 Å². The van der Waals surface area contributed by atoms with Crippen LogP contribution in [0.25, 0.3) is 0 Å². The molecule has 5 nitrogen and oxygen atoms in total. The lowest BCUT2D eigenvalue weighted by Crippen LogP contribution is -2.51. The number of aryl methyl sites for hydroxylation is 3. The summed E-state index contributed by atoms with van der Waals surface area (Å²) in [7, 11) is 1.77. The van der Waals surface area contributed by atoms with Crippen LogP contribution in [0.15, 0.2) is 12.1 Å². The summed E-state index contributed by atoms with van der Waals surface area (Å²) >= 11 is 0. The molecule has 1 aromatic carbocycles. The van der Waals surface area contributed by atoms with E-state index in [1.165, 1.54) is 16.7 Å². The molecule has 1 aromatic rings. The fraction of sp³-hybridized carbons (Fsp3) is 0.529. The lowest BCUT2D eigenvalue weighted by atomic mass is 10.00. The van der Waals surface area contributed by atoms with E-state index >= 15 is 0 Å². The molecule has 5 heteroatoms. The van der Waals surface area contributed by atoms with Crippen molar-refractivity contribution in [1.29, 1.82) is 0 Å². The number of carbonyl (C=O) groups excluding carboxylic acids is 2. The minimum Gasteiger partial charge on any atom is -0.344 e. The van der Waals surface area contributed by atoms with E-state index in [1.54, 1.807) is 11.9 Å². The summed E-state index contributed by atoms with van der Waals surface area (Å²) in [6, 6.07) is 4.11. The Morgan fingerprint density at radius 2 is 1.91 bits per heavy atom. The summed E-state index contributed by atoms with van der Waals surface area (Å²) in [5, 5.41) is 5.87. The van der Waals surface area contributed by atoms with Gasteiger partial charge in [0.15, 0.2) is 0 Å². The van der Waals surface area contributed by atoms with Crippen molar-refractivity contribution in [2.45, 2.75) is 46.2 Å². The average Bonchev–Trinajstić information content (AvgIpc) is 2.41. The number of amides is 3. The quantitative estimate of drug-likeness (QED) is 0.897. The predicted octanol–water partition coefficient (Wildman–Crippen LogP) is 2.03. The van der Waals surface area contributed by atoms with Crippen molar-refractivity contribution < 1.29 is 9.59 Å². The molecule has 1 aliphatic heterocycles. The Kier molecular flexibility index (Phi) is 5.06. The smallest absolute Gasteiger partial charge is 0.315 e. The zero-order chi connectivity index (χ0) is 16.3. The Labute approximate surface area is 132 Å². The first-order valence-corrected chi connectivity index (χ1v) is 7.72. The van der Waals surface area contributed by atoms with Crippen molar-refractivity contribution in [3.8, 4) is 0 Å². The maximum Gasteiger partial charge on any atom is 0.315 e. The largest absolute Gasteiger partial charge is 0.344 e. The number of piperidine rings is 1. The summed E-state index contributed by atoms with van der Waals surface area (Å²) in [6.45, 7) is 7.30. The summed E-state index contributed by atoms with van der Waals surface area (Å²) in [4.78, 5) is 25.1. The number of benzene rings is 1. The van der Waals surface area contributed by atoms with Gasteiger partial charge in [-0.1, -0.05) is 17.7 Å². The van der Waals surface area contributed by atoms with Crippen LogP contribution in [0.5, 0.6) is 0 Å². The van der Waals surface area contributed by atoms with Crippen LogP contribution in [0.4, 0.5) is 4.79 Å².